The van der Waals surface area contributed by atoms with E-state index in [1.807, 2.05) is 11.8 Å². The summed E-state index contributed by atoms with van der Waals surface area (Å²) in [7, 11) is 0. The number of nitrogens with zero attached hydrogens (tertiary/aromatic N) is 1. The summed E-state index contributed by atoms with van der Waals surface area (Å²) < 4.78 is 0. The second kappa shape index (κ2) is 6.70. The molecule has 0 saturated carbocycles. The summed E-state index contributed by atoms with van der Waals surface area (Å²) >= 11 is 1.95. The Morgan fingerprint density at radius 1 is 1.57 bits per heavy atom. The van der Waals surface area contributed by atoms with Crippen LogP contribution >= 0.6 is 11.8 Å². The van der Waals surface area contributed by atoms with E-state index in [1.165, 1.54) is 38.4 Å². The maximum atomic E-state index is 3.51. The van der Waals surface area contributed by atoms with Crippen molar-refractivity contribution in [3.8, 4) is 0 Å². The van der Waals surface area contributed by atoms with Crippen LogP contribution in [0.2, 0.25) is 0 Å². The van der Waals surface area contributed by atoms with Gasteiger partial charge in [-0.3, -0.25) is 4.90 Å². The van der Waals surface area contributed by atoms with Crippen molar-refractivity contribution in [2.75, 3.05) is 38.2 Å². The van der Waals surface area contributed by atoms with Gasteiger partial charge < -0.3 is 5.32 Å². The van der Waals surface area contributed by atoms with Gasteiger partial charge in [-0.15, -0.1) is 0 Å². The number of hydrogen-bond donors (Lipinski definition) is 1. The highest BCUT2D eigenvalue weighted by molar-refractivity contribution is 7.98. The van der Waals surface area contributed by atoms with E-state index in [2.05, 4.69) is 30.3 Å². The SMILES string of the molecule is CCC(C)C1CNCCN1CCSC. The van der Waals surface area contributed by atoms with Gasteiger partial charge in [-0.1, -0.05) is 20.3 Å². The minimum absolute atomic E-state index is 0.765. The van der Waals surface area contributed by atoms with E-state index < -0.39 is 0 Å². The summed E-state index contributed by atoms with van der Waals surface area (Å²) in [4.78, 5) is 2.67. The molecule has 0 aromatic heterocycles. The molecule has 1 aliphatic rings. The number of hydrogen-bond acceptors (Lipinski definition) is 3. The highest BCUT2D eigenvalue weighted by atomic mass is 32.2. The van der Waals surface area contributed by atoms with E-state index >= 15 is 0 Å². The van der Waals surface area contributed by atoms with Gasteiger partial charge in [0.25, 0.3) is 0 Å². The van der Waals surface area contributed by atoms with E-state index in [1.54, 1.807) is 0 Å². The Hall–Kier alpha value is 0.270. The van der Waals surface area contributed by atoms with E-state index in [9.17, 15) is 0 Å². The Morgan fingerprint density at radius 2 is 2.36 bits per heavy atom. The summed E-state index contributed by atoms with van der Waals surface area (Å²) in [5.41, 5.74) is 0. The van der Waals surface area contributed by atoms with Crippen molar-refractivity contribution < 1.29 is 0 Å². The van der Waals surface area contributed by atoms with Crippen molar-refractivity contribution in [2.24, 2.45) is 5.92 Å². The highest BCUT2D eigenvalue weighted by Crippen LogP contribution is 2.16. The number of rotatable bonds is 5. The van der Waals surface area contributed by atoms with Crippen molar-refractivity contribution in [1.29, 1.82) is 0 Å². The second-order valence-corrected chi connectivity index (χ2v) is 5.17. The van der Waals surface area contributed by atoms with Crippen LogP contribution in [0.25, 0.3) is 0 Å². The Balaban J connectivity index is 2.41. The molecule has 1 aliphatic heterocycles. The average Bonchev–Trinajstić information content (AvgIpc) is 2.25. The molecule has 1 rings (SSSR count). The van der Waals surface area contributed by atoms with Gasteiger partial charge in [0.2, 0.25) is 0 Å². The van der Waals surface area contributed by atoms with Gasteiger partial charge in [-0.25, -0.2) is 0 Å². The maximum Gasteiger partial charge on any atom is 0.0246 e. The van der Waals surface area contributed by atoms with E-state index in [-0.39, 0.29) is 0 Å². The topological polar surface area (TPSA) is 15.3 Å². The summed E-state index contributed by atoms with van der Waals surface area (Å²) in [6.07, 6.45) is 3.49. The second-order valence-electron chi connectivity index (χ2n) is 4.19. The first-order valence-electron chi connectivity index (χ1n) is 5.73. The lowest BCUT2D eigenvalue weighted by Crippen LogP contribution is -2.54. The predicted molar refractivity (Wildman–Crippen MR) is 66.1 cm³/mol. The Kier molecular flexibility index (Phi) is 5.90. The molecule has 1 fully saturated rings. The standard InChI is InChI=1S/C11H24N2S/c1-4-10(2)11-9-12-5-6-13(11)7-8-14-3/h10-12H,4-9H2,1-3H3. The molecule has 3 heteroatoms. The molecule has 1 saturated heterocycles. The molecule has 0 radical (unpaired) electrons. The number of thioether (sulfide) groups is 1. The molecule has 1 heterocycles. The zero-order valence-corrected chi connectivity index (χ0v) is 10.6. The largest absolute Gasteiger partial charge is 0.314 e. The molecular formula is C11H24N2S. The molecule has 0 aliphatic carbocycles. The van der Waals surface area contributed by atoms with Crippen LogP contribution in [0.15, 0.2) is 0 Å². The first kappa shape index (κ1) is 12.3. The quantitative estimate of drug-likeness (QED) is 0.752. The zero-order chi connectivity index (χ0) is 10.4. The van der Waals surface area contributed by atoms with Crippen molar-refractivity contribution in [2.45, 2.75) is 26.3 Å². The minimum Gasteiger partial charge on any atom is -0.314 e. The van der Waals surface area contributed by atoms with Crippen LogP contribution in [-0.4, -0.2) is 49.1 Å². The smallest absolute Gasteiger partial charge is 0.0246 e. The van der Waals surface area contributed by atoms with Gasteiger partial charge in [0, 0.05) is 38.0 Å². The van der Waals surface area contributed by atoms with Gasteiger partial charge in [-0.2, -0.15) is 11.8 Å². The molecule has 0 amide bonds. The minimum atomic E-state index is 0.765. The number of nitrogens with one attached hydrogen (secondary N) is 1. The van der Waals surface area contributed by atoms with Gasteiger partial charge >= 0.3 is 0 Å². The summed E-state index contributed by atoms with van der Waals surface area (Å²) in [5.74, 6) is 2.09. The van der Waals surface area contributed by atoms with Gasteiger partial charge in [0.15, 0.2) is 0 Å². The highest BCUT2D eigenvalue weighted by Gasteiger charge is 2.25. The van der Waals surface area contributed by atoms with Crippen molar-refractivity contribution in [3.05, 3.63) is 0 Å². The first-order chi connectivity index (χ1) is 6.79. The molecule has 14 heavy (non-hydrogen) atoms. The molecule has 84 valence electrons. The van der Waals surface area contributed by atoms with Gasteiger partial charge in [-0.05, 0) is 12.2 Å². The predicted octanol–water partition coefficient (Wildman–Crippen LogP) is 1.67. The van der Waals surface area contributed by atoms with Gasteiger partial charge in [0.05, 0.1) is 0 Å². The van der Waals surface area contributed by atoms with Crippen LogP contribution in [0.3, 0.4) is 0 Å². The normalized spacial score (nSPS) is 26.4. The first-order valence-corrected chi connectivity index (χ1v) is 7.12. The van der Waals surface area contributed by atoms with Crippen LogP contribution in [-0.2, 0) is 0 Å². The summed E-state index contributed by atoms with van der Waals surface area (Å²) in [6.45, 7) is 9.52. The van der Waals surface area contributed by atoms with Crippen LogP contribution in [0.4, 0.5) is 0 Å². The molecule has 0 spiro atoms. The molecule has 2 unspecified atom stereocenters. The molecule has 0 aromatic rings. The third-order valence-corrected chi connectivity index (χ3v) is 3.87. The van der Waals surface area contributed by atoms with E-state index in [0.29, 0.717) is 0 Å². The summed E-state index contributed by atoms with van der Waals surface area (Å²) in [6, 6.07) is 0.765. The average molecular weight is 216 g/mol. The van der Waals surface area contributed by atoms with Crippen molar-refractivity contribution >= 4 is 11.8 Å². The van der Waals surface area contributed by atoms with Crippen LogP contribution in [0.5, 0.6) is 0 Å². The zero-order valence-electron chi connectivity index (χ0n) is 9.75. The van der Waals surface area contributed by atoms with Crippen LogP contribution in [0, 0.1) is 5.92 Å². The summed E-state index contributed by atoms with van der Waals surface area (Å²) in [5, 5.41) is 3.51. The lowest BCUT2D eigenvalue weighted by Gasteiger charge is -2.39. The lowest BCUT2D eigenvalue weighted by molar-refractivity contribution is 0.124. The molecule has 1 N–H and O–H groups in total. The molecule has 0 aromatic carbocycles. The van der Waals surface area contributed by atoms with E-state index in [4.69, 9.17) is 0 Å². The Bertz CT molecular complexity index is 152. The van der Waals surface area contributed by atoms with Crippen molar-refractivity contribution in [3.63, 3.8) is 0 Å². The fraction of sp³-hybridized carbons (Fsp3) is 1.00. The molecule has 2 atom stereocenters. The molecule has 2 nitrogen and oxygen atoms in total. The van der Waals surface area contributed by atoms with Crippen LogP contribution in [0.1, 0.15) is 20.3 Å². The monoisotopic (exact) mass is 216 g/mol. The lowest BCUT2D eigenvalue weighted by atomic mass is 9.96. The number of piperazine rings is 1. The Morgan fingerprint density at radius 3 is 3.00 bits per heavy atom. The van der Waals surface area contributed by atoms with E-state index in [0.717, 1.165) is 12.0 Å². The van der Waals surface area contributed by atoms with Gasteiger partial charge in [0.1, 0.15) is 0 Å². The van der Waals surface area contributed by atoms with Crippen LogP contribution < -0.4 is 5.32 Å². The third kappa shape index (κ3) is 3.44. The molecular weight excluding hydrogens is 192 g/mol. The fourth-order valence-electron chi connectivity index (χ4n) is 2.09. The van der Waals surface area contributed by atoms with Crippen molar-refractivity contribution in [1.82, 2.24) is 10.2 Å². The Labute approximate surface area is 92.8 Å². The molecule has 0 bridgehead atoms. The fourth-order valence-corrected chi connectivity index (χ4v) is 2.50. The maximum absolute atomic E-state index is 3.51. The third-order valence-electron chi connectivity index (χ3n) is 3.28.